The van der Waals surface area contributed by atoms with Crippen LogP contribution in [0.1, 0.15) is 10.4 Å². The molecule has 2 aromatic carbocycles. The van der Waals surface area contributed by atoms with Gasteiger partial charge in [0.1, 0.15) is 0 Å². The lowest BCUT2D eigenvalue weighted by atomic mass is 9.96. The summed E-state index contributed by atoms with van der Waals surface area (Å²) in [6.07, 6.45) is 0. The first-order valence-electron chi connectivity index (χ1n) is 9.47. The zero-order valence-corrected chi connectivity index (χ0v) is 15.8. The molecule has 0 radical (unpaired) electrons. The Bertz CT molecular complexity index is 733. The molecule has 3 rings (SSSR count). The van der Waals surface area contributed by atoms with Crippen molar-refractivity contribution in [2.45, 2.75) is 0 Å². The first kappa shape index (κ1) is 19.5. The summed E-state index contributed by atoms with van der Waals surface area (Å²) in [6.45, 7) is 2.78. The van der Waals surface area contributed by atoms with E-state index < -0.39 is 0 Å². The van der Waals surface area contributed by atoms with E-state index in [1.165, 1.54) is 0 Å². The molecule has 5 nitrogen and oxygen atoms in total. The zero-order valence-electron chi connectivity index (χ0n) is 15.8. The Hall–Kier alpha value is -2.21. The number of benzene rings is 2. The largest absolute Gasteiger partial charge is 0.396 e. The van der Waals surface area contributed by atoms with Crippen molar-refractivity contribution in [3.63, 3.8) is 0 Å². The van der Waals surface area contributed by atoms with Crippen LogP contribution in [0.25, 0.3) is 11.1 Å². The number of rotatable bonds is 7. The van der Waals surface area contributed by atoms with Gasteiger partial charge in [-0.2, -0.15) is 0 Å². The second-order valence-electron chi connectivity index (χ2n) is 7.34. The van der Waals surface area contributed by atoms with Crippen molar-refractivity contribution < 1.29 is 15.0 Å². The summed E-state index contributed by atoms with van der Waals surface area (Å²) in [7, 11) is 1.96. The molecule has 0 bridgehead atoms. The van der Waals surface area contributed by atoms with E-state index in [-0.39, 0.29) is 31.0 Å². The molecule has 2 N–H and O–H groups in total. The van der Waals surface area contributed by atoms with Crippen molar-refractivity contribution in [1.29, 1.82) is 0 Å². The predicted molar refractivity (Wildman–Crippen MR) is 106 cm³/mol. The van der Waals surface area contributed by atoms with Gasteiger partial charge in [-0.15, -0.1) is 0 Å². The highest BCUT2D eigenvalue weighted by Gasteiger charge is 2.35. The van der Waals surface area contributed by atoms with Crippen molar-refractivity contribution in [2.75, 3.05) is 46.4 Å². The molecule has 2 atom stereocenters. The van der Waals surface area contributed by atoms with Crippen molar-refractivity contribution in [3.8, 4) is 11.1 Å². The minimum absolute atomic E-state index is 0.0142. The second-order valence-corrected chi connectivity index (χ2v) is 7.34. The van der Waals surface area contributed by atoms with Gasteiger partial charge < -0.3 is 20.0 Å². The van der Waals surface area contributed by atoms with Gasteiger partial charge in [-0.1, -0.05) is 42.5 Å². The first-order chi connectivity index (χ1) is 13.1. The summed E-state index contributed by atoms with van der Waals surface area (Å²) in [6, 6.07) is 17.8. The maximum absolute atomic E-state index is 12.9. The summed E-state index contributed by atoms with van der Waals surface area (Å²) in [4.78, 5) is 16.8. The van der Waals surface area contributed by atoms with Gasteiger partial charge in [0.25, 0.3) is 5.91 Å². The van der Waals surface area contributed by atoms with E-state index in [2.05, 4.69) is 17.0 Å². The normalized spacial score (nSPS) is 19.6. The topological polar surface area (TPSA) is 64.0 Å². The van der Waals surface area contributed by atoms with Gasteiger partial charge in [-0.05, 0) is 36.2 Å². The highest BCUT2D eigenvalue weighted by atomic mass is 16.3. The fraction of sp³-hybridized carbons (Fsp3) is 0.409. The predicted octanol–water partition coefficient (Wildman–Crippen LogP) is 1.96. The number of aliphatic hydroxyl groups excluding tert-OH is 2. The lowest BCUT2D eigenvalue weighted by Crippen LogP contribution is -2.33. The van der Waals surface area contributed by atoms with Gasteiger partial charge in [0.15, 0.2) is 0 Å². The Morgan fingerprint density at radius 3 is 2.26 bits per heavy atom. The average Bonchev–Trinajstić information content (AvgIpc) is 3.11. The molecular formula is C22H28N2O3. The van der Waals surface area contributed by atoms with Crippen molar-refractivity contribution in [2.24, 2.45) is 11.8 Å². The third-order valence-corrected chi connectivity index (χ3v) is 5.37. The maximum atomic E-state index is 12.9. The van der Waals surface area contributed by atoms with E-state index >= 15 is 0 Å². The smallest absolute Gasteiger partial charge is 0.253 e. The van der Waals surface area contributed by atoms with Crippen LogP contribution in [0, 0.1) is 11.8 Å². The molecule has 5 heteroatoms. The van der Waals surface area contributed by atoms with E-state index in [0.717, 1.165) is 17.7 Å². The van der Waals surface area contributed by atoms with Gasteiger partial charge >= 0.3 is 0 Å². The molecule has 1 amide bonds. The lowest BCUT2D eigenvalue weighted by Gasteiger charge is -2.23. The fourth-order valence-corrected chi connectivity index (χ4v) is 3.80. The first-order valence-corrected chi connectivity index (χ1v) is 9.47. The molecule has 2 aromatic rings. The molecule has 0 aromatic heterocycles. The Balaban J connectivity index is 1.67. The minimum Gasteiger partial charge on any atom is -0.396 e. The quantitative estimate of drug-likeness (QED) is 0.784. The van der Waals surface area contributed by atoms with E-state index in [1.54, 1.807) is 0 Å². The van der Waals surface area contributed by atoms with Gasteiger partial charge in [-0.3, -0.25) is 4.79 Å². The standard InChI is InChI=1S/C22H28N2O3/c1-23(11-12-25)13-20-14-24(15-21(20)16-26)22(27)19-9-7-18(8-10-19)17-5-3-2-4-6-17/h2-10,20-21,25-26H,11-16H2,1H3/t20-,21-/m1/s1. The number of aliphatic hydroxyl groups is 2. The van der Waals surface area contributed by atoms with Crippen LogP contribution in [0.3, 0.4) is 0 Å². The number of likely N-dealkylation sites (N-methyl/N-ethyl adjacent to an activating group) is 1. The molecule has 1 fully saturated rings. The molecule has 1 heterocycles. The number of hydrogen-bond donors (Lipinski definition) is 2. The number of amides is 1. The van der Waals surface area contributed by atoms with Crippen LogP contribution in [-0.4, -0.2) is 72.4 Å². The number of carbonyl (C=O) groups excluding carboxylic acids is 1. The Morgan fingerprint density at radius 2 is 1.63 bits per heavy atom. The fourth-order valence-electron chi connectivity index (χ4n) is 3.80. The van der Waals surface area contributed by atoms with Crippen molar-refractivity contribution >= 4 is 5.91 Å². The summed E-state index contributed by atoms with van der Waals surface area (Å²) >= 11 is 0. The molecule has 1 saturated heterocycles. The molecule has 0 aliphatic carbocycles. The van der Waals surface area contributed by atoms with E-state index in [0.29, 0.717) is 25.2 Å². The van der Waals surface area contributed by atoms with Crippen LogP contribution >= 0.6 is 0 Å². The van der Waals surface area contributed by atoms with Gasteiger partial charge in [0, 0.05) is 44.3 Å². The van der Waals surface area contributed by atoms with E-state index in [9.17, 15) is 9.90 Å². The SMILES string of the molecule is CN(CCO)C[C@@H]1CN(C(=O)c2ccc(-c3ccccc3)cc2)C[C@@H]1CO. The van der Waals surface area contributed by atoms with Crippen LogP contribution in [0.15, 0.2) is 54.6 Å². The Kier molecular flexibility index (Phi) is 6.61. The van der Waals surface area contributed by atoms with E-state index in [4.69, 9.17) is 5.11 Å². The molecule has 0 unspecified atom stereocenters. The average molecular weight is 368 g/mol. The minimum atomic E-state index is 0.0142. The highest BCUT2D eigenvalue weighted by molar-refractivity contribution is 5.95. The third-order valence-electron chi connectivity index (χ3n) is 5.37. The van der Waals surface area contributed by atoms with Crippen LogP contribution < -0.4 is 0 Å². The summed E-state index contributed by atoms with van der Waals surface area (Å²) in [5.74, 6) is 0.318. The number of likely N-dealkylation sites (tertiary alicyclic amines) is 1. The van der Waals surface area contributed by atoms with Gasteiger partial charge in [0.2, 0.25) is 0 Å². The molecule has 0 spiro atoms. The lowest BCUT2D eigenvalue weighted by molar-refractivity contribution is 0.0779. The molecule has 144 valence electrons. The number of hydrogen-bond acceptors (Lipinski definition) is 4. The highest BCUT2D eigenvalue weighted by Crippen LogP contribution is 2.26. The molecule has 0 saturated carbocycles. The molecular weight excluding hydrogens is 340 g/mol. The second kappa shape index (κ2) is 9.13. The third kappa shape index (κ3) is 4.75. The monoisotopic (exact) mass is 368 g/mol. The Labute approximate surface area is 160 Å². The van der Waals surface area contributed by atoms with Crippen molar-refractivity contribution in [3.05, 3.63) is 60.2 Å². The number of carbonyl (C=O) groups is 1. The number of nitrogens with zero attached hydrogens (tertiary/aromatic N) is 2. The Morgan fingerprint density at radius 1 is 1.00 bits per heavy atom. The summed E-state index contributed by atoms with van der Waals surface area (Å²) < 4.78 is 0. The molecule has 27 heavy (non-hydrogen) atoms. The van der Waals surface area contributed by atoms with Crippen molar-refractivity contribution in [1.82, 2.24) is 9.80 Å². The van der Waals surface area contributed by atoms with Crippen LogP contribution in [-0.2, 0) is 0 Å². The van der Waals surface area contributed by atoms with Gasteiger partial charge in [-0.25, -0.2) is 0 Å². The van der Waals surface area contributed by atoms with Crippen LogP contribution in [0.4, 0.5) is 0 Å². The van der Waals surface area contributed by atoms with E-state index in [1.807, 2.05) is 54.4 Å². The van der Waals surface area contributed by atoms with Crippen LogP contribution in [0.2, 0.25) is 0 Å². The summed E-state index contributed by atoms with van der Waals surface area (Å²) in [5.41, 5.74) is 2.89. The molecule has 1 aliphatic heterocycles. The maximum Gasteiger partial charge on any atom is 0.253 e. The van der Waals surface area contributed by atoms with Gasteiger partial charge in [0.05, 0.1) is 6.61 Å². The molecule has 1 aliphatic rings. The zero-order chi connectivity index (χ0) is 19.2. The van der Waals surface area contributed by atoms with Crippen LogP contribution in [0.5, 0.6) is 0 Å². The summed E-state index contributed by atoms with van der Waals surface area (Å²) in [5, 5.41) is 18.8.